The molecule has 0 amide bonds. The number of aromatic hydroxyl groups is 1. The van der Waals surface area contributed by atoms with Crippen molar-refractivity contribution < 1.29 is 15.0 Å². The molecule has 0 unspecified atom stereocenters. The molecule has 0 saturated carbocycles. The van der Waals surface area contributed by atoms with Gasteiger partial charge in [0.2, 0.25) is 0 Å². The van der Waals surface area contributed by atoms with Gasteiger partial charge in [-0.2, -0.15) is 0 Å². The monoisotopic (exact) mass is 307 g/mol. The minimum Gasteiger partial charge on any atom is -0.508 e. The van der Waals surface area contributed by atoms with Crippen LogP contribution in [0.1, 0.15) is 0 Å². The van der Waals surface area contributed by atoms with Crippen LogP contribution in [0.25, 0.3) is 0 Å². The van der Waals surface area contributed by atoms with E-state index in [9.17, 15) is 20.2 Å². The smallest absolute Gasteiger partial charge is 0.300 e. The minimum absolute atomic E-state index is 0.0283. The van der Waals surface area contributed by atoms with Gasteiger partial charge in [-0.15, -0.1) is 0 Å². The highest BCUT2D eigenvalue weighted by molar-refractivity contribution is 5.64. The first-order valence-electron chi connectivity index (χ1n) is 5.79. The van der Waals surface area contributed by atoms with Crippen molar-refractivity contribution >= 4 is 22.7 Å². The molecule has 0 fully saturated rings. The highest BCUT2D eigenvalue weighted by atomic mass is 16.6. The average molecular weight is 307 g/mol. The molecule has 2 rings (SSSR count). The van der Waals surface area contributed by atoms with E-state index in [0.29, 0.717) is 5.69 Å². The van der Waals surface area contributed by atoms with E-state index in [0.717, 1.165) is 12.1 Å². The van der Waals surface area contributed by atoms with E-state index in [4.69, 9.17) is 16.7 Å². The van der Waals surface area contributed by atoms with Gasteiger partial charge in [-0.25, -0.2) is 0 Å². The van der Waals surface area contributed by atoms with Crippen LogP contribution in [0.15, 0.2) is 42.5 Å². The molecule has 0 saturated heterocycles. The fourth-order valence-corrected chi connectivity index (χ4v) is 1.38. The molecule has 0 radical (unpaired) electrons. The van der Waals surface area contributed by atoms with Gasteiger partial charge in [-0.1, -0.05) is 0 Å². The van der Waals surface area contributed by atoms with Crippen molar-refractivity contribution in [2.24, 2.45) is 5.84 Å². The molecule has 22 heavy (non-hydrogen) atoms. The van der Waals surface area contributed by atoms with E-state index in [1.54, 1.807) is 24.3 Å². The average Bonchev–Trinajstić information content (AvgIpc) is 2.50. The van der Waals surface area contributed by atoms with Crippen LogP contribution in [0.2, 0.25) is 0 Å². The van der Waals surface area contributed by atoms with Crippen molar-refractivity contribution in [1.82, 2.24) is 0 Å². The number of nitrogen functional groups attached to an aromatic ring is 2. The zero-order valence-corrected chi connectivity index (χ0v) is 11.2. The number of phenols is 1. The van der Waals surface area contributed by atoms with Crippen molar-refractivity contribution in [3.8, 4) is 5.75 Å². The molecular weight excluding hydrogens is 294 g/mol. The number of nitro benzene ring substituents is 2. The number of phenolic OH excluding ortho intramolecular Hbond substituents is 1. The van der Waals surface area contributed by atoms with E-state index in [-0.39, 0.29) is 17.1 Å². The number of hydrogen-bond donors (Lipinski definition) is 4. The molecule has 0 spiro atoms. The Morgan fingerprint density at radius 2 is 1.59 bits per heavy atom. The summed E-state index contributed by atoms with van der Waals surface area (Å²) in [5.41, 5.74) is 7.31. The third-order valence-electron chi connectivity index (χ3n) is 2.44. The van der Waals surface area contributed by atoms with Gasteiger partial charge in [0, 0.05) is 11.8 Å². The SMILES string of the molecule is NNc1ccc([N+](=O)[O-])cc1[N+](=O)[O-].Nc1ccc(O)cc1. The number of nitrogens with zero attached hydrogens (tertiary/aromatic N) is 2. The van der Waals surface area contributed by atoms with Gasteiger partial charge in [0.05, 0.1) is 15.9 Å². The Labute approximate surface area is 124 Å². The van der Waals surface area contributed by atoms with Crippen LogP contribution in [0.3, 0.4) is 0 Å². The topological polar surface area (TPSA) is 171 Å². The number of hydrazine groups is 1. The normalized spacial score (nSPS) is 9.32. The maximum absolute atomic E-state index is 10.4. The number of nitrogens with one attached hydrogen (secondary N) is 1. The molecule has 10 nitrogen and oxygen atoms in total. The largest absolute Gasteiger partial charge is 0.508 e. The zero-order chi connectivity index (χ0) is 16.7. The van der Waals surface area contributed by atoms with E-state index in [1.165, 1.54) is 6.07 Å². The first kappa shape index (κ1) is 16.7. The number of nitrogens with two attached hydrogens (primary N) is 2. The Balaban J connectivity index is 0.000000255. The number of anilines is 2. The van der Waals surface area contributed by atoms with Crippen LogP contribution < -0.4 is 17.0 Å². The summed E-state index contributed by atoms with van der Waals surface area (Å²) >= 11 is 0. The molecule has 0 aliphatic heterocycles. The molecule has 0 atom stereocenters. The summed E-state index contributed by atoms with van der Waals surface area (Å²) in [6.45, 7) is 0. The van der Waals surface area contributed by atoms with Gasteiger partial charge in [-0.05, 0) is 30.3 Å². The predicted octanol–water partition coefficient (Wildman–Crippen LogP) is 1.76. The van der Waals surface area contributed by atoms with Crippen LogP contribution in [-0.2, 0) is 0 Å². The van der Waals surface area contributed by atoms with Gasteiger partial charge in [0.1, 0.15) is 11.4 Å². The Kier molecular flexibility index (Phi) is 5.60. The Morgan fingerprint density at radius 3 is 2.00 bits per heavy atom. The third-order valence-corrected chi connectivity index (χ3v) is 2.44. The van der Waals surface area contributed by atoms with E-state index in [2.05, 4.69) is 5.43 Å². The molecule has 0 aliphatic rings. The lowest BCUT2D eigenvalue weighted by Gasteiger charge is -2.00. The van der Waals surface area contributed by atoms with Crippen LogP contribution in [0.5, 0.6) is 5.75 Å². The van der Waals surface area contributed by atoms with Gasteiger partial charge in [0.25, 0.3) is 5.69 Å². The Morgan fingerprint density at radius 1 is 1.00 bits per heavy atom. The molecular formula is C12H13N5O5. The first-order chi connectivity index (χ1) is 10.3. The highest BCUT2D eigenvalue weighted by Crippen LogP contribution is 2.27. The predicted molar refractivity (Wildman–Crippen MR) is 80.1 cm³/mol. The highest BCUT2D eigenvalue weighted by Gasteiger charge is 2.18. The Hall–Kier alpha value is -3.40. The summed E-state index contributed by atoms with van der Waals surface area (Å²) in [6, 6.07) is 9.54. The zero-order valence-electron chi connectivity index (χ0n) is 11.2. The van der Waals surface area contributed by atoms with Crippen LogP contribution in [0, 0.1) is 20.2 Å². The molecule has 116 valence electrons. The fourth-order valence-electron chi connectivity index (χ4n) is 1.38. The molecule has 2 aromatic rings. The van der Waals surface area contributed by atoms with E-state index in [1.807, 2.05) is 0 Å². The summed E-state index contributed by atoms with van der Waals surface area (Å²) in [5.74, 6) is 5.24. The molecule has 10 heteroatoms. The van der Waals surface area contributed by atoms with Gasteiger partial charge >= 0.3 is 5.69 Å². The van der Waals surface area contributed by atoms with Crippen molar-refractivity contribution in [3.63, 3.8) is 0 Å². The molecule has 0 aliphatic carbocycles. The standard InChI is InChI=1S/C6H6N4O4.C6H7NO/c7-8-5-2-1-4(9(11)12)3-6(5)10(13)14;7-5-1-3-6(8)4-2-5/h1-3,8H,7H2;1-4,8H,7H2. The van der Waals surface area contributed by atoms with Crippen LogP contribution in [0.4, 0.5) is 22.7 Å². The van der Waals surface area contributed by atoms with Crippen LogP contribution in [-0.4, -0.2) is 15.0 Å². The lowest BCUT2D eigenvalue weighted by atomic mass is 10.2. The lowest BCUT2D eigenvalue weighted by molar-refractivity contribution is -0.393. The molecule has 6 N–H and O–H groups in total. The lowest BCUT2D eigenvalue weighted by Crippen LogP contribution is -2.09. The summed E-state index contributed by atoms with van der Waals surface area (Å²) in [5, 5.41) is 29.5. The third kappa shape index (κ3) is 4.61. The number of non-ortho nitro benzene ring substituents is 1. The number of rotatable bonds is 3. The molecule has 0 heterocycles. The Bertz CT molecular complexity index is 653. The van der Waals surface area contributed by atoms with Gasteiger partial charge in [-0.3, -0.25) is 26.1 Å². The first-order valence-corrected chi connectivity index (χ1v) is 5.79. The van der Waals surface area contributed by atoms with Crippen molar-refractivity contribution in [1.29, 1.82) is 0 Å². The minimum atomic E-state index is -0.748. The molecule has 2 aromatic carbocycles. The summed E-state index contributed by atoms with van der Waals surface area (Å²) in [7, 11) is 0. The molecule has 0 aromatic heterocycles. The van der Waals surface area contributed by atoms with E-state index >= 15 is 0 Å². The second kappa shape index (κ2) is 7.40. The number of nitro groups is 2. The van der Waals surface area contributed by atoms with Crippen molar-refractivity contribution in [2.75, 3.05) is 11.2 Å². The van der Waals surface area contributed by atoms with Crippen LogP contribution >= 0.6 is 0 Å². The van der Waals surface area contributed by atoms with E-state index < -0.39 is 15.5 Å². The summed E-state index contributed by atoms with van der Waals surface area (Å²) < 4.78 is 0. The number of benzene rings is 2. The van der Waals surface area contributed by atoms with Gasteiger partial charge < -0.3 is 16.3 Å². The summed E-state index contributed by atoms with van der Waals surface area (Å²) in [4.78, 5) is 19.3. The van der Waals surface area contributed by atoms with Gasteiger partial charge in [0.15, 0.2) is 0 Å². The fraction of sp³-hybridized carbons (Fsp3) is 0. The van der Waals surface area contributed by atoms with Crippen molar-refractivity contribution in [3.05, 3.63) is 62.7 Å². The second-order valence-corrected chi connectivity index (χ2v) is 3.95. The molecule has 0 bridgehead atoms. The van der Waals surface area contributed by atoms with Crippen molar-refractivity contribution in [2.45, 2.75) is 0 Å². The number of hydrogen-bond acceptors (Lipinski definition) is 8. The maximum Gasteiger partial charge on any atom is 0.300 e. The summed E-state index contributed by atoms with van der Waals surface area (Å²) in [6.07, 6.45) is 0. The quantitative estimate of drug-likeness (QED) is 0.218. The second-order valence-electron chi connectivity index (χ2n) is 3.95. The maximum atomic E-state index is 10.4.